The average molecular weight is 361 g/mol. The van der Waals surface area contributed by atoms with Crippen LogP contribution in [0.4, 0.5) is 17.2 Å². The number of hydrogen-bond donors (Lipinski definition) is 2. The normalized spacial score (nSPS) is 11.9. The Hall–Kier alpha value is -3.54. The lowest BCUT2D eigenvalue weighted by Gasteiger charge is -2.09. The number of aryl methyl sites for hydroxylation is 1. The molecule has 2 N–H and O–H groups in total. The van der Waals surface area contributed by atoms with Gasteiger partial charge >= 0.3 is 0 Å². The summed E-state index contributed by atoms with van der Waals surface area (Å²) in [5.74, 6) is 1.44. The molecule has 1 aliphatic heterocycles. The zero-order valence-electron chi connectivity index (χ0n) is 14.9. The fraction of sp³-hybridized carbons (Fsp3) is 0.143. The highest BCUT2D eigenvalue weighted by molar-refractivity contribution is 6.04. The summed E-state index contributed by atoms with van der Waals surface area (Å²) in [5.41, 5.74) is 3.62. The minimum Gasteiger partial charge on any atom is -0.454 e. The van der Waals surface area contributed by atoms with E-state index in [1.54, 1.807) is 30.5 Å². The molecule has 0 bridgehead atoms. The molecule has 0 unspecified atom stereocenters. The van der Waals surface area contributed by atoms with Gasteiger partial charge in [-0.3, -0.25) is 4.79 Å². The number of nitrogens with one attached hydrogen (secondary N) is 2. The molecule has 6 heteroatoms. The van der Waals surface area contributed by atoms with Crippen LogP contribution in [0.1, 0.15) is 22.8 Å². The number of carbonyl (C=O) groups is 1. The van der Waals surface area contributed by atoms with E-state index in [2.05, 4.69) is 34.7 Å². The predicted octanol–water partition coefficient (Wildman–Crippen LogP) is 4.37. The molecule has 0 atom stereocenters. The van der Waals surface area contributed by atoms with Crippen LogP contribution in [0.15, 0.2) is 60.8 Å². The molecule has 0 saturated carbocycles. The molecule has 3 aromatic rings. The molecule has 0 saturated heterocycles. The zero-order chi connectivity index (χ0) is 18.6. The van der Waals surface area contributed by atoms with Crippen LogP contribution in [0.5, 0.6) is 11.5 Å². The van der Waals surface area contributed by atoms with Crippen LogP contribution in [0.3, 0.4) is 0 Å². The van der Waals surface area contributed by atoms with E-state index in [1.165, 1.54) is 5.56 Å². The number of amides is 1. The number of anilines is 3. The van der Waals surface area contributed by atoms with E-state index in [9.17, 15) is 4.79 Å². The minimum atomic E-state index is -0.253. The SMILES string of the molecule is CCc1ccc(Nc2ccc(NC(=O)c3ccc4c(c3)OCO4)nc2)cc1. The first-order valence-corrected chi connectivity index (χ1v) is 8.74. The molecule has 27 heavy (non-hydrogen) atoms. The Balaban J connectivity index is 1.40. The number of aromatic nitrogens is 1. The first kappa shape index (κ1) is 16.9. The Morgan fingerprint density at radius 3 is 2.52 bits per heavy atom. The van der Waals surface area contributed by atoms with Crippen molar-refractivity contribution >= 4 is 23.1 Å². The fourth-order valence-electron chi connectivity index (χ4n) is 2.76. The van der Waals surface area contributed by atoms with E-state index in [1.807, 2.05) is 18.2 Å². The predicted molar refractivity (Wildman–Crippen MR) is 104 cm³/mol. The van der Waals surface area contributed by atoms with Crippen molar-refractivity contribution in [3.8, 4) is 11.5 Å². The van der Waals surface area contributed by atoms with Crippen LogP contribution in [-0.4, -0.2) is 17.7 Å². The van der Waals surface area contributed by atoms with Gasteiger partial charge in [-0.15, -0.1) is 0 Å². The Bertz CT molecular complexity index is 953. The molecule has 0 spiro atoms. The largest absolute Gasteiger partial charge is 0.454 e. The van der Waals surface area contributed by atoms with Crippen LogP contribution < -0.4 is 20.1 Å². The lowest BCUT2D eigenvalue weighted by atomic mass is 10.1. The maximum Gasteiger partial charge on any atom is 0.256 e. The molecule has 2 heterocycles. The van der Waals surface area contributed by atoms with Gasteiger partial charge in [0.15, 0.2) is 11.5 Å². The van der Waals surface area contributed by atoms with E-state index < -0.39 is 0 Å². The molecule has 1 aliphatic rings. The minimum absolute atomic E-state index is 0.178. The van der Waals surface area contributed by atoms with Crippen molar-refractivity contribution in [2.24, 2.45) is 0 Å². The third-order valence-corrected chi connectivity index (χ3v) is 4.29. The zero-order valence-corrected chi connectivity index (χ0v) is 14.9. The van der Waals surface area contributed by atoms with E-state index in [0.29, 0.717) is 22.9 Å². The van der Waals surface area contributed by atoms with Crippen molar-refractivity contribution in [3.05, 3.63) is 71.9 Å². The molecule has 1 amide bonds. The third-order valence-electron chi connectivity index (χ3n) is 4.29. The molecular formula is C21H19N3O3. The summed E-state index contributed by atoms with van der Waals surface area (Å²) in [6, 6.07) is 17.0. The van der Waals surface area contributed by atoms with Gasteiger partial charge in [0.05, 0.1) is 11.9 Å². The number of nitrogens with zero attached hydrogens (tertiary/aromatic N) is 1. The van der Waals surface area contributed by atoms with Gasteiger partial charge in [0.1, 0.15) is 5.82 Å². The van der Waals surface area contributed by atoms with Crippen molar-refractivity contribution in [3.63, 3.8) is 0 Å². The first-order chi connectivity index (χ1) is 13.2. The summed E-state index contributed by atoms with van der Waals surface area (Å²) in [4.78, 5) is 16.7. The van der Waals surface area contributed by atoms with Crippen LogP contribution in [0.25, 0.3) is 0 Å². The second-order valence-electron chi connectivity index (χ2n) is 6.13. The first-order valence-electron chi connectivity index (χ1n) is 8.74. The van der Waals surface area contributed by atoms with Gasteiger partial charge in [-0.05, 0) is 54.4 Å². The van der Waals surface area contributed by atoms with Gasteiger partial charge in [-0.2, -0.15) is 0 Å². The van der Waals surface area contributed by atoms with Gasteiger partial charge in [0.25, 0.3) is 5.91 Å². The second kappa shape index (κ2) is 7.37. The number of hydrogen-bond acceptors (Lipinski definition) is 5. The van der Waals surface area contributed by atoms with Crippen molar-refractivity contribution in [1.82, 2.24) is 4.98 Å². The Morgan fingerprint density at radius 1 is 1.00 bits per heavy atom. The number of rotatable bonds is 5. The molecule has 6 nitrogen and oxygen atoms in total. The standard InChI is InChI=1S/C21H19N3O3/c1-2-14-3-6-16(7-4-14)23-17-8-10-20(22-12-17)24-21(25)15-5-9-18-19(11-15)27-13-26-18/h3-12,23H,2,13H2,1H3,(H,22,24,25). The van der Waals surface area contributed by atoms with Crippen LogP contribution in [-0.2, 0) is 6.42 Å². The average Bonchev–Trinajstić information content (AvgIpc) is 3.18. The van der Waals surface area contributed by atoms with Crippen LogP contribution >= 0.6 is 0 Å². The van der Waals surface area contributed by atoms with Gasteiger partial charge in [-0.1, -0.05) is 19.1 Å². The lowest BCUT2D eigenvalue weighted by Crippen LogP contribution is -2.12. The van der Waals surface area contributed by atoms with Crippen molar-refractivity contribution in [2.45, 2.75) is 13.3 Å². The fourth-order valence-corrected chi connectivity index (χ4v) is 2.76. The summed E-state index contributed by atoms with van der Waals surface area (Å²) < 4.78 is 10.6. The highest BCUT2D eigenvalue weighted by Crippen LogP contribution is 2.32. The van der Waals surface area contributed by atoms with E-state index in [0.717, 1.165) is 17.8 Å². The molecular weight excluding hydrogens is 342 g/mol. The monoisotopic (exact) mass is 361 g/mol. The van der Waals surface area contributed by atoms with E-state index >= 15 is 0 Å². The van der Waals surface area contributed by atoms with E-state index in [4.69, 9.17) is 9.47 Å². The van der Waals surface area contributed by atoms with Crippen LogP contribution in [0, 0.1) is 0 Å². The summed E-state index contributed by atoms with van der Waals surface area (Å²) in [6.45, 7) is 2.31. The summed E-state index contributed by atoms with van der Waals surface area (Å²) in [5, 5.41) is 6.07. The molecule has 0 fully saturated rings. The summed E-state index contributed by atoms with van der Waals surface area (Å²) in [7, 11) is 0. The number of fused-ring (bicyclic) bond motifs is 1. The summed E-state index contributed by atoms with van der Waals surface area (Å²) >= 11 is 0. The van der Waals surface area contributed by atoms with Crippen LogP contribution in [0.2, 0.25) is 0 Å². The maximum atomic E-state index is 12.4. The lowest BCUT2D eigenvalue weighted by molar-refractivity contribution is 0.102. The van der Waals surface area contributed by atoms with Crippen molar-refractivity contribution in [2.75, 3.05) is 17.4 Å². The Morgan fingerprint density at radius 2 is 1.78 bits per heavy atom. The van der Waals surface area contributed by atoms with Gasteiger partial charge in [-0.25, -0.2) is 4.98 Å². The van der Waals surface area contributed by atoms with Gasteiger partial charge in [0, 0.05) is 11.3 Å². The highest BCUT2D eigenvalue weighted by atomic mass is 16.7. The number of pyridine rings is 1. The summed E-state index contributed by atoms with van der Waals surface area (Å²) in [6.07, 6.45) is 2.70. The number of ether oxygens (including phenoxy) is 2. The van der Waals surface area contributed by atoms with Crippen molar-refractivity contribution in [1.29, 1.82) is 0 Å². The molecule has 0 aliphatic carbocycles. The Labute approximate surface area is 157 Å². The Kier molecular flexibility index (Phi) is 4.61. The van der Waals surface area contributed by atoms with Gasteiger partial charge in [0.2, 0.25) is 6.79 Å². The molecule has 1 aromatic heterocycles. The van der Waals surface area contributed by atoms with E-state index in [-0.39, 0.29) is 12.7 Å². The molecule has 136 valence electrons. The highest BCUT2D eigenvalue weighted by Gasteiger charge is 2.16. The molecule has 0 radical (unpaired) electrons. The molecule has 4 rings (SSSR count). The maximum absolute atomic E-state index is 12.4. The van der Waals surface area contributed by atoms with Crippen molar-refractivity contribution < 1.29 is 14.3 Å². The second-order valence-corrected chi connectivity index (χ2v) is 6.13. The smallest absolute Gasteiger partial charge is 0.256 e. The topological polar surface area (TPSA) is 72.5 Å². The third kappa shape index (κ3) is 3.84. The number of carbonyl (C=O) groups excluding carboxylic acids is 1. The number of benzene rings is 2. The van der Waals surface area contributed by atoms with Gasteiger partial charge < -0.3 is 20.1 Å². The quantitative estimate of drug-likeness (QED) is 0.706. The molecule has 2 aromatic carbocycles.